The molecule has 6 rings (SSSR count). The van der Waals surface area contributed by atoms with Gasteiger partial charge in [-0.3, -0.25) is 9.80 Å². The van der Waals surface area contributed by atoms with Crippen molar-refractivity contribution in [1.29, 1.82) is 0 Å². The molecule has 2 aromatic rings. The third-order valence-corrected chi connectivity index (χ3v) is 6.68. The lowest BCUT2D eigenvalue weighted by Gasteiger charge is -2.33. The molecule has 8 nitrogen and oxygen atoms in total. The zero-order valence-corrected chi connectivity index (χ0v) is 17.9. The van der Waals surface area contributed by atoms with Crippen molar-refractivity contribution >= 4 is 17.4 Å². The molecule has 8 heteroatoms. The largest absolute Gasteiger partial charge is 0.486 e. The van der Waals surface area contributed by atoms with E-state index in [9.17, 15) is 4.79 Å². The number of hydrazine groups is 1. The zero-order chi connectivity index (χ0) is 21.5. The molecule has 0 saturated carbocycles. The van der Waals surface area contributed by atoms with E-state index in [1.54, 1.807) is 11.1 Å². The summed E-state index contributed by atoms with van der Waals surface area (Å²) in [6.45, 7) is 3.92. The van der Waals surface area contributed by atoms with E-state index >= 15 is 0 Å². The molecule has 1 aromatic carbocycles. The van der Waals surface area contributed by atoms with Crippen molar-refractivity contribution in [3.8, 4) is 11.5 Å². The summed E-state index contributed by atoms with van der Waals surface area (Å²) in [6, 6.07) is 10.1. The van der Waals surface area contributed by atoms with Gasteiger partial charge in [0.25, 0.3) is 5.91 Å². The van der Waals surface area contributed by atoms with Crippen LogP contribution in [0.2, 0.25) is 0 Å². The molecule has 32 heavy (non-hydrogen) atoms. The molecule has 1 amide bonds. The molecule has 2 N–H and O–H groups in total. The molecule has 0 aliphatic carbocycles. The van der Waals surface area contributed by atoms with Crippen molar-refractivity contribution < 1.29 is 14.3 Å². The molecule has 2 unspecified atom stereocenters. The lowest BCUT2D eigenvalue weighted by molar-refractivity contribution is -0.130. The monoisotopic (exact) mass is 433 g/mol. The van der Waals surface area contributed by atoms with Gasteiger partial charge in [-0.05, 0) is 49.1 Å². The van der Waals surface area contributed by atoms with E-state index in [-0.39, 0.29) is 18.0 Å². The van der Waals surface area contributed by atoms with Crippen LogP contribution in [0.25, 0.3) is 5.70 Å². The predicted molar refractivity (Wildman–Crippen MR) is 120 cm³/mol. The number of amides is 1. The van der Waals surface area contributed by atoms with Gasteiger partial charge in [0.2, 0.25) is 0 Å². The highest BCUT2D eigenvalue weighted by atomic mass is 16.6. The molecule has 0 bridgehead atoms. The third-order valence-electron chi connectivity index (χ3n) is 6.68. The van der Waals surface area contributed by atoms with Crippen LogP contribution in [0.1, 0.15) is 36.3 Å². The van der Waals surface area contributed by atoms with E-state index in [0.29, 0.717) is 25.5 Å². The number of anilines is 1. The van der Waals surface area contributed by atoms with Crippen LogP contribution in [0.5, 0.6) is 11.5 Å². The number of piperidine rings is 1. The Hall–Kier alpha value is -3.26. The van der Waals surface area contributed by atoms with Crippen LogP contribution in [-0.4, -0.2) is 54.9 Å². The van der Waals surface area contributed by atoms with Crippen molar-refractivity contribution in [2.45, 2.75) is 31.3 Å². The number of pyridine rings is 1. The van der Waals surface area contributed by atoms with Gasteiger partial charge in [0, 0.05) is 49.1 Å². The maximum absolute atomic E-state index is 12.9. The van der Waals surface area contributed by atoms with E-state index in [1.165, 1.54) is 19.3 Å². The van der Waals surface area contributed by atoms with Crippen LogP contribution < -0.4 is 25.1 Å². The highest BCUT2D eigenvalue weighted by Gasteiger charge is 2.41. The molecular weight excluding hydrogens is 406 g/mol. The Balaban J connectivity index is 1.23. The first-order valence-electron chi connectivity index (χ1n) is 11.4. The van der Waals surface area contributed by atoms with Gasteiger partial charge in [-0.25, -0.2) is 10.4 Å². The number of carbonyl (C=O) groups is 1. The predicted octanol–water partition coefficient (Wildman–Crippen LogP) is 2.24. The molecule has 5 heterocycles. The third kappa shape index (κ3) is 3.44. The van der Waals surface area contributed by atoms with Gasteiger partial charge >= 0.3 is 0 Å². The first-order valence-corrected chi connectivity index (χ1v) is 11.4. The first kappa shape index (κ1) is 19.4. The molecule has 2 saturated heterocycles. The van der Waals surface area contributed by atoms with Crippen LogP contribution in [-0.2, 0) is 4.79 Å². The summed E-state index contributed by atoms with van der Waals surface area (Å²) in [7, 11) is 0. The summed E-state index contributed by atoms with van der Waals surface area (Å²) < 4.78 is 11.3. The van der Waals surface area contributed by atoms with Crippen molar-refractivity contribution in [2.75, 3.05) is 37.7 Å². The highest BCUT2D eigenvalue weighted by Crippen LogP contribution is 2.35. The van der Waals surface area contributed by atoms with Gasteiger partial charge in [-0.2, -0.15) is 0 Å². The van der Waals surface area contributed by atoms with Crippen molar-refractivity contribution in [3.05, 3.63) is 53.7 Å². The maximum atomic E-state index is 12.9. The number of benzene rings is 1. The Morgan fingerprint density at radius 1 is 1.00 bits per heavy atom. The number of hydrogen-bond donors (Lipinski definition) is 2. The molecule has 2 atom stereocenters. The fraction of sp³-hybridized carbons (Fsp3) is 0.417. The molecular formula is C24H27N5O3. The van der Waals surface area contributed by atoms with Crippen molar-refractivity contribution in [3.63, 3.8) is 0 Å². The minimum absolute atomic E-state index is 0.0564. The van der Waals surface area contributed by atoms with Gasteiger partial charge in [0.15, 0.2) is 11.5 Å². The number of hydrogen-bond acceptors (Lipinski definition) is 7. The first-order chi connectivity index (χ1) is 15.8. The highest BCUT2D eigenvalue weighted by molar-refractivity contribution is 5.97. The molecule has 166 valence electrons. The standard InChI is InChI=1S/C24H27N5O3/c30-23-13-19(16-4-6-20-21(12-16)32-11-10-31-20)27-24-18(15-26-29(23)24)17-5-7-22(25-14-17)28-8-2-1-3-9-28/h4-7,12-14,18,24,26-27H,1-3,8-11,15H2. The number of ether oxygens (including phenoxy) is 2. The van der Waals surface area contributed by atoms with Gasteiger partial charge in [0.05, 0.1) is 0 Å². The summed E-state index contributed by atoms with van der Waals surface area (Å²) in [4.78, 5) is 20.0. The minimum atomic E-state index is -0.182. The van der Waals surface area contributed by atoms with Gasteiger partial charge < -0.3 is 19.7 Å². The molecule has 4 aliphatic rings. The van der Waals surface area contributed by atoms with E-state index in [1.807, 2.05) is 24.4 Å². The Labute approximate surface area is 187 Å². The summed E-state index contributed by atoms with van der Waals surface area (Å²) in [6.07, 6.45) is 7.18. The van der Waals surface area contributed by atoms with E-state index in [4.69, 9.17) is 14.5 Å². The maximum Gasteiger partial charge on any atom is 0.264 e. The summed E-state index contributed by atoms with van der Waals surface area (Å²) in [5.41, 5.74) is 6.07. The number of rotatable bonds is 3. The second-order valence-corrected chi connectivity index (χ2v) is 8.68. The lowest BCUT2D eigenvalue weighted by Crippen LogP contribution is -2.52. The second-order valence-electron chi connectivity index (χ2n) is 8.68. The number of aromatic nitrogens is 1. The molecule has 0 spiro atoms. The van der Waals surface area contributed by atoms with Gasteiger partial charge in [-0.1, -0.05) is 6.07 Å². The second kappa shape index (κ2) is 8.02. The summed E-state index contributed by atoms with van der Waals surface area (Å²) in [5, 5.41) is 5.25. The summed E-state index contributed by atoms with van der Waals surface area (Å²) in [5.74, 6) is 2.54. The Morgan fingerprint density at radius 3 is 2.66 bits per heavy atom. The van der Waals surface area contributed by atoms with Crippen molar-refractivity contribution in [1.82, 2.24) is 20.7 Å². The van der Waals surface area contributed by atoms with Crippen LogP contribution in [0.3, 0.4) is 0 Å². The van der Waals surface area contributed by atoms with E-state index in [0.717, 1.165) is 41.5 Å². The zero-order valence-electron chi connectivity index (χ0n) is 17.9. The average Bonchev–Trinajstić information content (AvgIpc) is 3.29. The van der Waals surface area contributed by atoms with Crippen LogP contribution >= 0.6 is 0 Å². The fourth-order valence-electron chi connectivity index (χ4n) is 4.97. The SMILES string of the molecule is O=C1C=C(c2ccc3c(c2)OCCO3)NC2C(c3ccc(N4CCCCC4)nc3)CNN12. The molecule has 1 aromatic heterocycles. The summed E-state index contributed by atoms with van der Waals surface area (Å²) >= 11 is 0. The van der Waals surface area contributed by atoms with Crippen molar-refractivity contribution in [2.24, 2.45) is 0 Å². The Morgan fingerprint density at radius 2 is 1.84 bits per heavy atom. The quantitative estimate of drug-likeness (QED) is 0.769. The average molecular weight is 434 g/mol. The van der Waals surface area contributed by atoms with Crippen LogP contribution in [0, 0.1) is 0 Å². The lowest BCUT2D eigenvalue weighted by atomic mass is 9.96. The van der Waals surface area contributed by atoms with Gasteiger partial charge in [-0.15, -0.1) is 0 Å². The minimum Gasteiger partial charge on any atom is -0.486 e. The van der Waals surface area contributed by atoms with Crippen LogP contribution in [0.4, 0.5) is 5.82 Å². The topological polar surface area (TPSA) is 79.0 Å². The molecule has 2 fully saturated rings. The number of fused-ring (bicyclic) bond motifs is 2. The van der Waals surface area contributed by atoms with E-state index in [2.05, 4.69) is 27.8 Å². The molecule has 0 radical (unpaired) electrons. The number of carbonyl (C=O) groups excluding carboxylic acids is 1. The van der Waals surface area contributed by atoms with Crippen LogP contribution in [0.15, 0.2) is 42.6 Å². The smallest absolute Gasteiger partial charge is 0.264 e. The van der Waals surface area contributed by atoms with Gasteiger partial charge in [0.1, 0.15) is 25.2 Å². The number of nitrogens with zero attached hydrogens (tertiary/aromatic N) is 3. The Bertz CT molecular complexity index is 1050. The normalized spacial score (nSPS) is 24.6. The number of nitrogens with one attached hydrogen (secondary N) is 2. The fourth-order valence-corrected chi connectivity index (χ4v) is 4.97. The Kier molecular flexibility index (Phi) is 4.87. The van der Waals surface area contributed by atoms with E-state index < -0.39 is 0 Å². The molecule has 4 aliphatic heterocycles.